The molecule has 1 aromatic heterocycles. The van der Waals surface area contributed by atoms with E-state index in [4.69, 9.17) is 4.74 Å². The minimum absolute atomic E-state index is 0.0483. The summed E-state index contributed by atoms with van der Waals surface area (Å²) in [6.45, 7) is 1.38. The number of halogens is 1. The van der Waals surface area contributed by atoms with Crippen LogP contribution < -0.4 is 10.3 Å². The SMILES string of the molecule is COc1ccc(Cn2c(O)c(C(=O)c3ccc(F)cc3)c(C)c(C#N)c2=O)cc1. The van der Waals surface area contributed by atoms with Crippen molar-refractivity contribution >= 4 is 5.78 Å². The molecule has 3 aromatic rings. The number of carbonyl (C=O) groups is 1. The minimum Gasteiger partial charge on any atom is -0.497 e. The van der Waals surface area contributed by atoms with Gasteiger partial charge in [-0.1, -0.05) is 12.1 Å². The maximum Gasteiger partial charge on any atom is 0.271 e. The van der Waals surface area contributed by atoms with Crippen LogP contribution >= 0.6 is 0 Å². The first-order chi connectivity index (χ1) is 13.9. The Morgan fingerprint density at radius 3 is 2.34 bits per heavy atom. The Bertz CT molecular complexity index is 1170. The molecular weight excluding hydrogens is 375 g/mol. The molecule has 0 aliphatic heterocycles. The summed E-state index contributed by atoms with van der Waals surface area (Å²) in [7, 11) is 1.53. The van der Waals surface area contributed by atoms with Gasteiger partial charge in [-0.25, -0.2) is 4.39 Å². The molecule has 2 aromatic carbocycles. The molecule has 0 unspecified atom stereocenters. The number of rotatable bonds is 5. The number of hydrogen-bond acceptors (Lipinski definition) is 5. The normalized spacial score (nSPS) is 10.4. The van der Waals surface area contributed by atoms with Gasteiger partial charge in [-0.15, -0.1) is 0 Å². The summed E-state index contributed by atoms with van der Waals surface area (Å²) in [4.78, 5) is 25.7. The van der Waals surface area contributed by atoms with Crippen molar-refractivity contribution in [3.8, 4) is 17.7 Å². The number of methoxy groups -OCH3 is 1. The molecule has 0 saturated carbocycles. The van der Waals surface area contributed by atoms with Gasteiger partial charge in [-0.2, -0.15) is 5.26 Å². The van der Waals surface area contributed by atoms with Crippen LogP contribution in [0.1, 0.15) is 32.6 Å². The Kier molecular flexibility index (Phi) is 5.46. The lowest BCUT2D eigenvalue weighted by Gasteiger charge is -2.16. The van der Waals surface area contributed by atoms with Crippen LogP contribution in [0.4, 0.5) is 4.39 Å². The molecule has 7 heteroatoms. The fourth-order valence-electron chi connectivity index (χ4n) is 3.03. The van der Waals surface area contributed by atoms with Crippen molar-refractivity contribution in [1.82, 2.24) is 4.57 Å². The highest BCUT2D eigenvalue weighted by Gasteiger charge is 2.25. The number of nitrogens with zero attached hydrogens (tertiary/aromatic N) is 2. The summed E-state index contributed by atoms with van der Waals surface area (Å²) in [6.07, 6.45) is 0. The number of pyridine rings is 1. The zero-order valence-corrected chi connectivity index (χ0v) is 15.8. The molecule has 146 valence electrons. The fraction of sp³-hybridized carbons (Fsp3) is 0.136. The summed E-state index contributed by atoms with van der Waals surface area (Å²) in [5.74, 6) is -1.04. The molecular formula is C22H17FN2O4. The van der Waals surface area contributed by atoms with Gasteiger partial charge in [-0.3, -0.25) is 14.2 Å². The fourth-order valence-corrected chi connectivity index (χ4v) is 3.03. The van der Waals surface area contributed by atoms with E-state index >= 15 is 0 Å². The van der Waals surface area contributed by atoms with Crippen LogP contribution in [0, 0.1) is 24.1 Å². The number of carbonyl (C=O) groups excluding carboxylic acids is 1. The van der Waals surface area contributed by atoms with Gasteiger partial charge in [0.25, 0.3) is 5.56 Å². The van der Waals surface area contributed by atoms with Crippen molar-refractivity contribution < 1.29 is 19.0 Å². The van der Waals surface area contributed by atoms with Crippen LogP contribution in [-0.4, -0.2) is 22.6 Å². The lowest BCUT2D eigenvalue weighted by atomic mass is 9.97. The Hall–Kier alpha value is -3.92. The lowest BCUT2D eigenvalue weighted by Crippen LogP contribution is -2.27. The number of ketones is 1. The minimum atomic E-state index is -0.700. The first kappa shape index (κ1) is 19.8. The van der Waals surface area contributed by atoms with Crippen molar-refractivity contribution in [2.24, 2.45) is 0 Å². The quantitative estimate of drug-likeness (QED) is 0.674. The number of nitriles is 1. The molecule has 1 heterocycles. The van der Waals surface area contributed by atoms with Gasteiger partial charge in [0, 0.05) is 5.56 Å². The number of benzene rings is 2. The average molecular weight is 392 g/mol. The van der Waals surface area contributed by atoms with E-state index in [9.17, 15) is 24.3 Å². The Morgan fingerprint density at radius 1 is 1.17 bits per heavy atom. The average Bonchev–Trinajstić information content (AvgIpc) is 2.72. The first-order valence-electron chi connectivity index (χ1n) is 8.67. The summed E-state index contributed by atoms with van der Waals surface area (Å²) in [5, 5.41) is 20.2. The molecule has 0 spiro atoms. The van der Waals surface area contributed by atoms with Gasteiger partial charge in [0.15, 0.2) is 5.78 Å². The smallest absolute Gasteiger partial charge is 0.271 e. The van der Waals surface area contributed by atoms with Crippen molar-refractivity contribution in [1.29, 1.82) is 5.26 Å². The van der Waals surface area contributed by atoms with Gasteiger partial charge in [0.1, 0.15) is 23.2 Å². The second kappa shape index (κ2) is 7.98. The van der Waals surface area contributed by atoms with E-state index in [0.717, 1.165) is 16.7 Å². The van der Waals surface area contributed by atoms with Crippen LogP contribution in [0.15, 0.2) is 53.3 Å². The van der Waals surface area contributed by atoms with E-state index in [-0.39, 0.29) is 28.8 Å². The molecule has 0 saturated heterocycles. The van der Waals surface area contributed by atoms with Crippen molar-refractivity contribution in [3.05, 3.63) is 92.5 Å². The zero-order valence-electron chi connectivity index (χ0n) is 15.8. The van der Waals surface area contributed by atoms with Gasteiger partial charge >= 0.3 is 0 Å². The second-order valence-electron chi connectivity index (χ2n) is 6.39. The molecule has 0 bridgehead atoms. The van der Waals surface area contributed by atoms with E-state index < -0.39 is 23.0 Å². The van der Waals surface area contributed by atoms with Crippen molar-refractivity contribution in [2.45, 2.75) is 13.5 Å². The van der Waals surface area contributed by atoms with Crippen LogP contribution in [0.25, 0.3) is 0 Å². The molecule has 3 rings (SSSR count). The van der Waals surface area contributed by atoms with Crippen LogP contribution in [0.3, 0.4) is 0 Å². The van der Waals surface area contributed by atoms with Gasteiger partial charge in [0.05, 0.1) is 19.2 Å². The third kappa shape index (κ3) is 3.73. The van der Waals surface area contributed by atoms with Gasteiger partial charge < -0.3 is 9.84 Å². The third-order valence-corrected chi connectivity index (χ3v) is 4.63. The van der Waals surface area contributed by atoms with E-state index in [1.807, 2.05) is 6.07 Å². The summed E-state index contributed by atoms with van der Waals surface area (Å²) in [5.41, 5.74) is -0.230. The summed E-state index contributed by atoms with van der Waals surface area (Å²) in [6, 6.07) is 13.4. The zero-order chi connectivity index (χ0) is 21.1. The van der Waals surface area contributed by atoms with Gasteiger partial charge in [0.2, 0.25) is 5.88 Å². The lowest BCUT2D eigenvalue weighted by molar-refractivity contribution is 0.103. The maximum atomic E-state index is 13.2. The molecule has 0 radical (unpaired) electrons. The van der Waals surface area contributed by atoms with E-state index in [0.29, 0.717) is 11.3 Å². The summed E-state index contributed by atoms with van der Waals surface area (Å²) < 4.78 is 19.3. The van der Waals surface area contributed by atoms with Crippen LogP contribution in [0.2, 0.25) is 0 Å². The second-order valence-corrected chi connectivity index (χ2v) is 6.39. The Labute approximate surface area is 166 Å². The standard InChI is InChI=1S/C22H17FN2O4/c1-13-18(11-24)21(27)25(12-14-3-9-17(29-2)10-4-14)22(28)19(13)20(26)15-5-7-16(23)8-6-15/h3-10,28H,12H2,1-2H3. The molecule has 29 heavy (non-hydrogen) atoms. The first-order valence-corrected chi connectivity index (χ1v) is 8.67. The number of aromatic nitrogens is 1. The number of ether oxygens (including phenoxy) is 1. The molecule has 0 aliphatic carbocycles. The molecule has 0 aliphatic rings. The van der Waals surface area contributed by atoms with E-state index in [2.05, 4.69) is 0 Å². The number of hydrogen-bond donors (Lipinski definition) is 1. The van der Waals surface area contributed by atoms with E-state index in [1.54, 1.807) is 24.3 Å². The monoisotopic (exact) mass is 392 g/mol. The Morgan fingerprint density at radius 2 is 1.79 bits per heavy atom. The summed E-state index contributed by atoms with van der Waals surface area (Å²) >= 11 is 0. The van der Waals surface area contributed by atoms with Crippen molar-refractivity contribution in [3.63, 3.8) is 0 Å². The highest BCUT2D eigenvalue weighted by molar-refractivity contribution is 6.11. The highest BCUT2D eigenvalue weighted by atomic mass is 19.1. The topological polar surface area (TPSA) is 92.3 Å². The molecule has 0 fully saturated rings. The molecule has 0 atom stereocenters. The highest BCUT2D eigenvalue weighted by Crippen LogP contribution is 2.26. The maximum absolute atomic E-state index is 13.2. The number of aromatic hydroxyl groups is 1. The van der Waals surface area contributed by atoms with Crippen molar-refractivity contribution in [2.75, 3.05) is 7.11 Å². The van der Waals surface area contributed by atoms with Crippen LogP contribution in [-0.2, 0) is 6.54 Å². The predicted octanol–water partition coefficient (Wildman–Crippen LogP) is 3.16. The largest absolute Gasteiger partial charge is 0.497 e. The Balaban J connectivity index is 2.15. The van der Waals surface area contributed by atoms with Gasteiger partial charge in [-0.05, 0) is 54.4 Å². The van der Waals surface area contributed by atoms with E-state index in [1.165, 1.54) is 26.2 Å². The van der Waals surface area contributed by atoms with Crippen LogP contribution in [0.5, 0.6) is 11.6 Å². The molecule has 1 N–H and O–H groups in total. The molecule has 0 amide bonds. The predicted molar refractivity (Wildman–Crippen MR) is 104 cm³/mol. The molecule has 6 nitrogen and oxygen atoms in total. The third-order valence-electron chi connectivity index (χ3n) is 4.63.